The van der Waals surface area contributed by atoms with E-state index >= 15 is 0 Å². The number of carbonyl (C=O) groups is 2. The monoisotopic (exact) mass is 550 g/mol. The minimum absolute atomic E-state index is 0.0264. The highest BCUT2D eigenvalue weighted by molar-refractivity contribution is 5.97. The maximum Gasteiger partial charge on any atom is 0.255 e. The highest BCUT2D eigenvalue weighted by Gasteiger charge is 2.42. The smallest absolute Gasteiger partial charge is 0.255 e. The molecule has 2 aliphatic heterocycles. The lowest BCUT2D eigenvalue weighted by atomic mass is 9.81. The number of amides is 2. The number of hydrogen-bond donors (Lipinski definition) is 3. The van der Waals surface area contributed by atoms with Crippen molar-refractivity contribution in [2.24, 2.45) is 17.8 Å². The molecule has 3 fully saturated rings. The molecule has 0 spiro atoms. The zero-order valence-corrected chi connectivity index (χ0v) is 23.8. The molecule has 3 N–H and O–H groups in total. The number of aliphatic hydroxyl groups is 2. The number of nitrogens with zero attached hydrogens (tertiary/aromatic N) is 3. The van der Waals surface area contributed by atoms with E-state index < -0.39 is 6.10 Å². The highest BCUT2D eigenvalue weighted by Crippen LogP contribution is 2.34. The van der Waals surface area contributed by atoms with E-state index in [1.807, 2.05) is 36.9 Å². The summed E-state index contributed by atoms with van der Waals surface area (Å²) in [5.74, 6) is 1.27. The molecule has 0 radical (unpaired) electrons. The Kier molecular flexibility index (Phi) is 8.73. The Balaban J connectivity index is 1.15. The van der Waals surface area contributed by atoms with Crippen molar-refractivity contribution in [3.05, 3.63) is 58.8 Å². The van der Waals surface area contributed by atoms with E-state index in [1.54, 1.807) is 13.0 Å². The van der Waals surface area contributed by atoms with E-state index in [9.17, 15) is 19.8 Å². The minimum atomic E-state index is -0.586. The fourth-order valence-corrected chi connectivity index (χ4v) is 6.41. The summed E-state index contributed by atoms with van der Waals surface area (Å²) in [5.41, 5.74) is 3.23. The quantitative estimate of drug-likeness (QED) is 0.416. The van der Waals surface area contributed by atoms with Gasteiger partial charge in [0, 0.05) is 44.7 Å². The van der Waals surface area contributed by atoms with Crippen molar-refractivity contribution >= 4 is 11.8 Å². The number of pyridine rings is 1. The van der Waals surface area contributed by atoms with Gasteiger partial charge in [-0.2, -0.15) is 0 Å². The first kappa shape index (κ1) is 28.5. The van der Waals surface area contributed by atoms with Gasteiger partial charge in [-0.3, -0.25) is 9.59 Å². The summed E-state index contributed by atoms with van der Waals surface area (Å²) >= 11 is 0. The number of hydrogen-bond acceptors (Lipinski definition) is 7. The van der Waals surface area contributed by atoms with Crippen LogP contribution in [-0.4, -0.2) is 88.3 Å². The van der Waals surface area contributed by atoms with Gasteiger partial charge in [0.15, 0.2) is 0 Å². The third-order valence-corrected chi connectivity index (χ3v) is 8.65. The van der Waals surface area contributed by atoms with Crippen LogP contribution in [0.25, 0.3) is 0 Å². The van der Waals surface area contributed by atoms with Crippen LogP contribution in [0.15, 0.2) is 36.4 Å². The molecule has 2 aromatic rings. The van der Waals surface area contributed by atoms with Crippen molar-refractivity contribution in [2.45, 2.75) is 58.3 Å². The summed E-state index contributed by atoms with van der Waals surface area (Å²) in [6.45, 7) is 9.81. The molecule has 40 heavy (non-hydrogen) atoms. The standard InChI is InChI=1S/C31H42N4O5/c1-19-11-28(40-18-20(2)36)32-21(3)29(19)31(39)35-16-24-14-34(15-25(24)17-35)10-9-27(22-7-5-4-6-8-22)33-30(38)23-12-26(37)13-23/h4-8,11,20,23-27,36-37H,9-10,12-18H2,1-3H3,(H,33,38)/t20?,23?,24?,25?,26?,27-/m0/s1. The Morgan fingerprint density at radius 1 is 1.10 bits per heavy atom. The van der Waals surface area contributed by atoms with Gasteiger partial charge in [-0.25, -0.2) is 4.98 Å². The molecule has 4 atom stereocenters. The molecule has 216 valence electrons. The van der Waals surface area contributed by atoms with E-state index in [-0.39, 0.29) is 36.5 Å². The summed E-state index contributed by atoms with van der Waals surface area (Å²) in [6.07, 6.45) is 0.986. The molecule has 9 heteroatoms. The van der Waals surface area contributed by atoms with Crippen molar-refractivity contribution in [1.82, 2.24) is 20.1 Å². The number of ether oxygens (including phenoxy) is 1. The summed E-state index contributed by atoms with van der Waals surface area (Å²) in [6, 6.07) is 11.8. The van der Waals surface area contributed by atoms with Crippen molar-refractivity contribution < 1.29 is 24.5 Å². The number of aliphatic hydroxyl groups excluding tert-OH is 2. The van der Waals surface area contributed by atoms with Gasteiger partial charge in [0.1, 0.15) is 6.61 Å². The van der Waals surface area contributed by atoms with Crippen LogP contribution in [0.5, 0.6) is 5.88 Å². The van der Waals surface area contributed by atoms with Gasteiger partial charge in [0.05, 0.1) is 29.5 Å². The van der Waals surface area contributed by atoms with Gasteiger partial charge in [0.25, 0.3) is 5.91 Å². The van der Waals surface area contributed by atoms with Crippen LogP contribution in [0, 0.1) is 31.6 Å². The zero-order chi connectivity index (χ0) is 28.4. The van der Waals surface area contributed by atoms with E-state index in [1.165, 1.54) is 0 Å². The first-order valence-corrected chi connectivity index (χ1v) is 14.5. The third-order valence-electron chi connectivity index (χ3n) is 8.65. The van der Waals surface area contributed by atoms with E-state index in [2.05, 4.69) is 27.3 Å². The molecular weight excluding hydrogens is 508 g/mol. The summed E-state index contributed by atoms with van der Waals surface area (Å²) in [5, 5.41) is 22.3. The number of likely N-dealkylation sites (tertiary alicyclic amines) is 2. The first-order chi connectivity index (χ1) is 19.2. The van der Waals surface area contributed by atoms with E-state index in [0.717, 1.165) is 50.3 Å². The van der Waals surface area contributed by atoms with Gasteiger partial charge >= 0.3 is 0 Å². The number of rotatable bonds is 10. The van der Waals surface area contributed by atoms with Crippen LogP contribution in [0.4, 0.5) is 0 Å². The molecule has 1 saturated carbocycles. The Morgan fingerprint density at radius 2 is 1.77 bits per heavy atom. The van der Waals surface area contributed by atoms with Crippen molar-refractivity contribution in [2.75, 3.05) is 39.3 Å². The number of benzene rings is 1. The Morgan fingerprint density at radius 3 is 2.38 bits per heavy atom. The number of fused-ring (bicyclic) bond motifs is 1. The third kappa shape index (κ3) is 6.48. The lowest BCUT2D eigenvalue weighted by molar-refractivity contribution is -0.132. The highest BCUT2D eigenvalue weighted by atomic mass is 16.5. The first-order valence-electron chi connectivity index (χ1n) is 14.5. The number of aromatic nitrogens is 1. The average Bonchev–Trinajstić information content (AvgIpc) is 3.47. The van der Waals surface area contributed by atoms with Gasteiger partial charge < -0.3 is 30.1 Å². The molecule has 1 aromatic carbocycles. The predicted molar refractivity (Wildman–Crippen MR) is 151 cm³/mol. The molecule has 5 rings (SSSR count). The molecule has 3 aliphatic rings. The Labute approximate surface area is 236 Å². The van der Waals surface area contributed by atoms with Gasteiger partial charge in [-0.1, -0.05) is 30.3 Å². The Bertz CT molecular complexity index is 1160. The van der Waals surface area contributed by atoms with Gasteiger partial charge in [0.2, 0.25) is 11.8 Å². The lowest BCUT2D eigenvalue weighted by Gasteiger charge is -2.32. The van der Waals surface area contributed by atoms with E-state index in [4.69, 9.17) is 4.74 Å². The SMILES string of the molecule is Cc1cc(OCC(C)O)nc(C)c1C(=O)N1CC2CN(CC[C@H](NC(=O)C3CC(O)C3)c3ccccc3)CC2C1. The summed E-state index contributed by atoms with van der Waals surface area (Å²) < 4.78 is 5.55. The zero-order valence-electron chi connectivity index (χ0n) is 23.8. The second kappa shape index (κ2) is 12.2. The van der Waals surface area contributed by atoms with Gasteiger partial charge in [-0.15, -0.1) is 0 Å². The van der Waals surface area contributed by atoms with Crippen LogP contribution in [-0.2, 0) is 4.79 Å². The molecule has 3 heterocycles. The van der Waals surface area contributed by atoms with E-state index in [0.29, 0.717) is 41.8 Å². The molecule has 2 saturated heterocycles. The maximum absolute atomic E-state index is 13.5. The fourth-order valence-electron chi connectivity index (χ4n) is 6.41. The molecule has 1 aromatic heterocycles. The molecule has 2 amide bonds. The Hall–Kier alpha value is -3.01. The fraction of sp³-hybridized carbons (Fsp3) is 0.581. The van der Waals surface area contributed by atoms with Crippen LogP contribution >= 0.6 is 0 Å². The van der Waals surface area contributed by atoms with Crippen molar-refractivity contribution in [3.63, 3.8) is 0 Å². The van der Waals surface area contributed by atoms with Crippen LogP contribution in [0.2, 0.25) is 0 Å². The van der Waals surface area contributed by atoms with Crippen molar-refractivity contribution in [1.29, 1.82) is 0 Å². The second-order valence-corrected chi connectivity index (χ2v) is 12.0. The predicted octanol–water partition coefficient (Wildman–Crippen LogP) is 2.48. The number of aryl methyl sites for hydroxylation is 2. The molecule has 1 aliphatic carbocycles. The minimum Gasteiger partial charge on any atom is -0.475 e. The number of nitrogens with one attached hydrogen (secondary N) is 1. The summed E-state index contributed by atoms with van der Waals surface area (Å²) in [4.78, 5) is 35.2. The van der Waals surface area contributed by atoms with Crippen molar-refractivity contribution in [3.8, 4) is 5.88 Å². The van der Waals surface area contributed by atoms with Crippen LogP contribution in [0.3, 0.4) is 0 Å². The number of carbonyl (C=O) groups excluding carboxylic acids is 2. The normalized spacial score (nSPS) is 25.7. The maximum atomic E-state index is 13.5. The van der Waals surface area contributed by atoms with Gasteiger partial charge in [-0.05, 0) is 63.0 Å². The topological polar surface area (TPSA) is 115 Å². The molecule has 9 nitrogen and oxygen atoms in total. The lowest BCUT2D eigenvalue weighted by Crippen LogP contribution is -2.43. The average molecular weight is 551 g/mol. The van der Waals surface area contributed by atoms with Crippen LogP contribution in [0.1, 0.15) is 59.4 Å². The van der Waals surface area contributed by atoms with Crippen LogP contribution < -0.4 is 10.1 Å². The largest absolute Gasteiger partial charge is 0.475 e. The second-order valence-electron chi connectivity index (χ2n) is 12.0. The molecule has 0 bridgehead atoms. The molecule has 3 unspecified atom stereocenters. The molecular formula is C31H42N4O5. The summed E-state index contributed by atoms with van der Waals surface area (Å²) in [7, 11) is 0.